The van der Waals surface area contributed by atoms with Gasteiger partial charge in [-0.25, -0.2) is 4.98 Å². The first-order valence-electron chi connectivity index (χ1n) is 5.08. The Balaban J connectivity index is 1.86. The van der Waals surface area contributed by atoms with Crippen LogP contribution in [0.5, 0.6) is 0 Å². The summed E-state index contributed by atoms with van der Waals surface area (Å²) in [5.74, 6) is -0.723. The topological polar surface area (TPSA) is 53.4 Å². The zero-order valence-corrected chi connectivity index (χ0v) is 9.24. The number of aliphatic carboxylic acids is 1. The van der Waals surface area contributed by atoms with Crippen molar-refractivity contribution in [1.82, 2.24) is 9.88 Å². The van der Waals surface area contributed by atoms with E-state index in [-0.39, 0.29) is 6.42 Å². The highest BCUT2D eigenvalue weighted by Crippen LogP contribution is 2.28. The monoisotopic (exact) mass is 226 g/mol. The van der Waals surface area contributed by atoms with Crippen molar-refractivity contribution in [2.75, 3.05) is 6.54 Å². The van der Waals surface area contributed by atoms with E-state index in [2.05, 4.69) is 9.88 Å². The van der Waals surface area contributed by atoms with Crippen molar-refractivity contribution in [1.29, 1.82) is 0 Å². The molecule has 0 atom stereocenters. The Labute approximate surface area is 92.6 Å². The molecule has 1 aliphatic rings. The molecule has 0 aromatic carbocycles. The summed E-state index contributed by atoms with van der Waals surface area (Å²) in [6.07, 6.45) is 2.62. The predicted octanol–water partition coefficient (Wildman–Crippen LogP) is 1.58. The Kier molecular flexibility index (Phi) is 3.33. The lowest BCUT2D eigenvalue weighted by Gasteiger charge is -2.19. The SMILES string of the molecule is O=C(O)CCN(Cc1cscn1)C1CC1. The van der Waals surface area contributed by atoms with Crippen LogP contribution in [0.25, 0.3) is 0 Å². The van der Waals surface area contributed by atoms with Crippen LogP contribution in [0.4, 0.5) is 0 Å². The van der Waals surface area contributed by atoms with E-state index in [9.17, 15) is 4.79 Å². The van der Waals surface area contributed by atoms with Crippen LogP contribution in [-0.2, 0) is 11.3 Å². The molecule has 1 fully saturated rings. The fourth-order valence-corrected chi connectivity index (χ4v) is 2.14. The molecule has 82 valence electrons. The van der Waals surface area contributed by atoms with Gasteiger partial charge >= 0.3 is 5.97 Å². The predicted molar refractivity (Wildman–Crippen MR) is 57.8 cm³/mol. The molecule has 1 aromatic rings. The van der Waals surface area contributed by atoms with Crippen molar-refractivity contribution in [2.24, 2.45) is 0 Å². The highest BCUT2D eigenvalue weighted by atomic mass is 32.1. The van der Waals surface area contributed by atoms with E-state index < -0.39 is 5.97 Å². The number of thiazole rings is 1. The number of carboxylic acids is 1. The third kappa shape index (κ3) is 3.28. The lowest BCUT2D eigenvalue weighted by atomic mass is 10.3. The Bertz CT molecular complexity index is 322. The fourth-order valence-electron chi connectivity index (χ4n) is 1.59. The van der Waals surface area contributed by atoms with Gasteiger partial charge in [0.15, 0.2) is 0 Å². The number of nitrogens with zero attached hydrogens (tertiary/aromatic N) is 2. The maximum Gasteiger partial charge on any atom is 0.304 e. The van der Waals surface area contributed by atoms with Crippen LogP contribution in [0.3, 0.4) is 0 Å². The summed E-state index contributed by atoms with van der Waals surface area (Å²) in [5.41, 5.74) is 2.87. The average molecular weight is 226 g/mol. The maximum absolute atomic E-state index is 10.5. The third-order valence-corrected chi connectivity index (χ3v) is 3.16. The zero-order chi connectivity index (χ0) is 10.7. The number of carboxylic acid groups (broad SMARTS) is 1. The second-order valence-electron chi connectivity index (χ2n) is 3.83. The molecule has 4 nitrogen and oxygen atoms in total. The van der Waals surface area contributed by atoms with Gasteiger partial charge < -0.3 is 5.11 Å². The molecule has 0 unspecified atom stereocenters. The molecule has 2 rings (SSSR count). The molecule has 0 saturated heterocycles. The van der Waals surface area contributed by atoms with Crippen LogP contribution >= 0.6 is 11.3 Å². The van der Waals surface area contributed by atoms with Gasteiger partial charge in [0.1, 0.15) is 0 Å². The van der Waals surface area contributed by atoms with Gasteiger partial charge in [-0.1, -0.05) is 0 Å². The summed E-state index contributed by atoms with van der Waals surface area (Å²) in [6.45, 7) is 1.43. The minimum absolute atomic E-state index is 0.223. The van der Waals surface area contributed by atoms with Crippen molar-refractivity contribution in [2.45, 2.75) is 31.8 Å². The van der Waals surface area contributed by atoms with Crippen molar-refractivity contribution >= 4 is 17.3 Å². The molecule has 0 bridgehead atoms. The summed E-state index contributed by atoms with van der Waals surface area (Å²) in [4.78, 5) is 17.0. The number of aromatic nitrogens is 1. The van der Waals surface area contributed by atoms with Gasteiger partial charge in [0.2, 0.25) is 0 Å². The molecule has 1 N–H and O–H groups in total. The van der Waals surface area contributed by atoms with E-state index in [1.54, 1.807) is 11.3 Å². The molecule has 15 heavy (non-hydrogen) atoms. The second kappa shape index (κ2) is 4.72. The molecule has 0 amide bonds. The highest BCUT2D eigenvalue weighted by molar-refractivity contribution is 7.07. The number of carbonyl (C=O) groups is 1. The number of rotatable bonds is 6. The highest BCUT2D eigenvalue weighted by Gasteiger charge is 2.29. The molecular formula is C10H14N2O2S. The van der Waals surface area contributed by atoms with Gasteiger partial charge in [-0.3, -0.25) is 9.69 Å². The average Bonchev–Trinajstić information content (AvgIpc) is 2.91. The smallest absolute Gasteiger partial charge is 0.304 e. The Morgan fingerprint density at radius 3 is 3.00 bits per heavy atom. The molecule has 0 radical (unpaired) electrons. The summed E-state index contributed by atoms with van der Waals surface area (Å²) < 4.78 is 0. The molecule has 0 spiro atoms. The molecule has 1 aliphatic carbocycles. The normalized spacial score (nSPS) is 15.8. The van der Waals surface area contributed by atoms with Gasteiger partial charge in [0.05, 0.1) is 17.6 Å². The van der Waals surface area contributed by atoms with Crippen LogP contribution in [0.2, 0.25) is 0 Å². The van der Waals surface area contributed by atoms with E-state index in [0.717, 1.165) is 12.2 Å². The first-order chi connectivity index (χ1) is 7.25. The van der Waals surface area contributed by atoms with E-state index in [1.807, 2.05) is 10.9 Å². The minimum Gasteiger partial charge on any atom is -0.481 e. The molecule has 1 heterocycles. The number of hydrogen-bond acceptors (Lipinski definition) is 4. The summed E-state index contributed by atoms with van der Waals surface area (Å²) in [5, 5.41) is 10.7. The first kappa shape index (κ1) is 10.6. The lowest BCUT2D eigenvalue weighted by Crippen LogP contribution is -2.28. The van der Waals surface area contributed by atoms with E-state index >= 15 is 0 Å². The van der Waals surface area contributed by atoms with Gasteiger partial charge in [-0.05, 0) is 12.8 Å². The maximum atomic E-state index is 10.5. The third-order valence-electron chi connectivity index (χ3n) is 2.52. The molecular weight excluding hydrogens is 212 g/mol. The summed E-state index contributed by atoms with van der Waals surface area (Å²) in [7, 11) is 0. The summed E-state index contributed by atoms with van der Waals surface area (Å²) >= 11 is 1.58. The van der Waals surface area contributed by atoms with Crippen LogP contribution in [0.1, 0.15) is 25.0 Å². The Morgan fingerprint density at radius 1 is 1.67 bits per heavy atom. The lowest BCUT2D eigenvalue weighted by molar-refractivity contribution is -0.137. The molecule has 0 aliphatic heterocycles. The zero-order valence-electron chi connectivity index (χ0n) is 8.43. The van der Waals surface area contributed by atoms with E-state index in [4.69, 9.17) is 5.11 Å². The van der Waals surface area contributed by atoms with Crippen molar-refractivity contribution in [3.8, 4) is 0 Å². The van der Waals surface area contributed by atoms with Gasteiger partial charge in [-0.2, -0.15) is 0 Å². The molecule has 1 saturated carbocycles. The van der Waals surface area contributed by atoms with E-state index in [1.165, 1.54) is 12.8 Å². The summed E-state index contributed by atoms with van der Waals surface area (Å²) in [6, 6.07) is 0.589. The molecule has 5 heteroatoms. The quantitative estimate of drug-likeness (QED) is 0.800. The van der Waals surface area contributed by atoms with Crippen LogP contribution < -0.4 is 0 Å². The fraction of sp³-hybridized carbons (Fsp3) is 0.600. The van der Waals surface area contributed by atoms with Crippen molar-refractivity contribution in [3.05, 3.63) is 16.6 Å². The van der Waals surface area contributed by atoms with E-state index in [0.29, 0.717) is 12.6 Å². The largest absolute Gasteiger partial charge is 0.481 e. The minimum atomic E-state index is -0.723. The Morgan fingerprint density at radius 2 is 2.47 bits per heavy atom. The van der Waals surface area contributed by atoms with Crippen LogP contribution in [0.15, 0.2) is 10.9 Å². The Hall–Kier alpha value is -0.940. The van der Waals surface area contributed by atoms with Crippen LogP contribution in [-0.4, -0.2) is 33.5 Å². The van der Waals surface area contributed by atoms with Gasteiger partial charge in [0, 0.05) is 24.5 Å². The first-order valence-corrected chi connectivity index (χ1v) is 6.03. The standard InChI is InChI=1S/C10H14N2O2S/c13-10(14)3-4-12(9-1-2-9)5-8-6-15-7-11-8/h6-7,9H,1-5H2,(H,13,14). The van der Waals surface area contributed by atoms with Crippen LogP contribution in [0, 0.1) is 0 Å². The number of hydrogen-bond donors (Lipinski definition) is 1. The van der Waals surface area contributed by atoms with Gasteiger partial charge in [-0.15, -0.1) is 11.3 Å². The second-order valence-corrected chi connectivity index (χ2v) is 4.54. The van der Waals surface area contributed by atoms with Crippen molar-refractivity contribution in [3.63, 3.8) is 0 Å². The van der Waals surface area contributed by atoms with Gasteiger partial charge in [0.25, 0.3) is 0 Å². The molecule has 1 aromatic heterocycles. The van der Waals surface area contributed by atoms with Crippen molar-refractivity contribution < 1.29 is 9.90 Å².